The van der Waals surface area contributed by atoms with Crippen molar-refractivity contribution in [3.63, 3.8) is 0 Å². The van der Waals surface area contributed by atoms with Crippen LogP contribution in [0.1, 0.15) is 1.37 Å². The van der Waals surface area contributed by atoms with Crippen LogP contribution in [0.3, 0.4) is 0 Å². The molecule has 5 heteroatoms. The number of nitrogens with zero attached hydrogens (tertiary/aromatic N) is 4. The molecule has 4 aromatic carbocycles. The largest absolute Gasteiger partial charge is 0.506 e. The van der Waals surface area contributed by atoms with E-state index in [0.717, 1.165) is 45.3 Å². The van der Waals surface area contributed by atoms with Crippen LogP contribution in [0.2, 0.25) is 0 Å². The van der Waals surface area contributed by atoms with E-state index in [9.17, 15) is 5.11 Å². The molecule has 0 spiro atoms. The van der Waals surface area contributed by atoms with Gasteiger partial charge in [-0.2, -0.15) is 0 Å². The van der Waals surface area contributed by atoms with Crippen molar-refractivity contribution in [2.45, 2.75) is 0 Å². The number of phenols is 1. The molecular weight excluding hydrogens is 468 g/mol. The Bertz CT molecular complexity index is 1860. The minimum Gasteiger partial charge on any atom is -0.506 e. The Morgan fingerprint density at radius 1 is 0.737 bits per heavy atom. The number of hydrogen-bond acceptors (Lipinski definition) is 5. The van der Waals surface area contributed by atoms with E-state index in [2.05, 4.69) is 59.3 Å². The molecule has 0 unspecified atom stereocenters. The second-order valence-corrected chi connectivity index (χ2v) is 9.28. The second-order valence-electron chi connectivity index (χ2n) is 9.28. The maximum absolute atomic E-state index is 10.6. The number of aromatic nitrogens is 2. The predicted octanol–water partition coefficient (Wildman–Crippen LogP) is 8.22. The Morgan fingerprint density at radius 3 is 2.34 bits per heavy atom. The molecule has 0 saturated carbocycles. The van der Waals surface area contributed by atoms with Gasteiger partial charge < -0.3 is 10.0 Å². The minimum atomic E-state index is 0.0628. The molecule has 182 valence electrons. The van der Waals surface area contributed by atoms with Crippen molar-refractivity contribution >= 4 is 39.5 Å². The first kappa shape index (κ1) is 21.0. The van der Waals surface area contributed by atoms with Crippen LogP contribution in [0.25, 0.3) is 33.3 Å². The van der Waals surface area contributed by atoms with Crippen LogP contribution in [-0.4, -0.2) is 22.1 Å². The molecule has 0 atom stereocenters. The summed E-state index contributed by atoms with van der Waals surface area (Å²) < 4.78 is 8.25. The van der Waals surface area contributed by atoms with Gasteiger partial charge in [0.1, 0.15) is 17.1 Å². The Labute approximate surface area is 222 Å². The van der Waals surface area contributed by atoms with Gasteiger partial charge in [-0.15, -0.1) is 0 Å². The molecule has 3 heterocycles. The zero-order chi connectivity index (χ0) is 26.5. The molecule has 38 heavy (non-hydrogen) atoms. The molecule has 0 aliphatic carbocycles. The summed E-state index contributed by atoms with van der Waals surface area (Å²) in [6.45, 7) is 0. The van der Waals surface area contributed by atoms with Crippen LogP contribution in [0.5, 0.6) is 5.75 Å². The number of para-hydroxylation sites is 3. The smallest absolute Gasteiger partial charge is 0.141 e. The van der Waals surface area contributed by atoms with E-state index in [1.165, 1.54) is 6.07 Å². The van der Waals surface area contributed by atoms with Crippen LogP contribution < -0.4 is 9.80 Å². The van der Waals surface area contributed by atoms with Gasteiger partial charge in [-0.05, 0) is 54.1 Å². The number of fused-ring (bicyclic) bond motifs is 3. The summed E-state index contributed by atoms with van der Waals surface area (Å²) in [7, 11) is 2.10. The fourth-order valence-corrected chi connectivity index (χ4v) is 5.27. The van der Waals surface area contributed by atoms with Gasteiger partial charge in [0.2, 0.25) is 0 Å². The van der Waals surface area contributed by atoms with Crippen molar-refractivity contribution in [2.75, 3.05) is 16.8 Å². The summed E-state index contributed by atoms with van der Waals surface area (Å²) in [5.74, 6) is 0.881. The maximum Gasteiger partial charge on any atom is 0.141 e. The Balaban J connectivity index is 1.55. The monoisotopic (exact) mass is 493 g/mol. The van der Waals surface area contributed by atoms with E-state index in [1.54, 1.807) is 6.07 Å². The Hall–Kier alpha value is -5.16. The molecule has 0 radical (unpaired) electrons. The fraction of sp³-hybridized carbons (Fsp3) is 0.0303. The van der Waals surface area contributed by atoms with Crippen LogP contribution in [0.4, 0.5) is 28.6 Å². The third kappa shape index (κ3) is 3.48. The van der Waals surface area contributed by atoms with Crippen molar-refractivity contribution in [3.8, 4) is 28.1 Å². The Morgan fingerprint density at radius 2 is 1.53 bits per heavy atom. The highest BCUT2D eigenvalue weighted by molar-refractivity contribution is 6.04. The van der Waals surface area contributed by atoms with Gasteiger partial charge in [-0.1, -0.05) is 66.7 Å². The van der Waals surface area contributed by atoms with Crippen LogP contribution >= 0.6 is 0 Å². The number of rotatable bonds is 3. The minimum absolute atomic E-state index is 0.0628. The van der Waals surface area contributed by atoms with E-state index in [1.807, 2.05) is 60.8 Å². The van der Waals surface area contributed by atoms with Gasteiger partial charge in [-0.3, -0.25) is 4.90 Å². The molecule has 0 amide bonds. The molecule has 2 aromatic heterocycles. The highest BCUT2D eigenvalue weighted by Gasteiger charge is 2.31. The van der Waals surface area contributed by atoms with Crippen LogP contribution in [0, 0.1) is 0 Å². The topological polar surface area (TPSA) is 52.5 Å². The summed E-state index contributed by atoms with van der Waals surface area (Å²) in [5, 5.41) is 11.2. The quantitative estimate of drug-likeness (QED) is 0.269. The standard InChI is InChI=1S/C33H24N4O/c1-36-27-13-5-6-14-28(27)37(31-16-7-8-19-34-31)29-21-24(20-25(33(29)36)22-10-3-2-4-11-22)26-18-17-23-12-9-15-30(38)32(23)35-26/h2-21,38H,1H3/i12D. The summed E-state index contributed by atoms with van der Waals surface area (Å²) in [6, 6.07) is 36.1. The van der Waals surface area contributed by atoms with E-state index in [4.69, 9.17) is 11.3 Å². The van der Waals surface area contributed by atoms with Crippen molar-refractivity contribution in [1.29, 1.82) is 0 Å². The highest BCUT2D eigenvalue weighted by Crippen LogP contribution is 2.54. The van der Waals surface area contributed by atoms with E-state index in [-0.39, 0.29) is 5.75 Å². The molecule has 5 nitrogen and oxygen atoms in total. The number of hydrogen-bond donors (Lipinski definition) is 1. The van der Waals surface area contributed by atoms with Crippen molar-refractivity contribution in [1.82, 2.24) is 9.97 Å². The second kappa shape index (κ2) is 8.75. The molecule has 1 aliphatic rings. The van der Waals surface area contributed by atoms with Gasteiger partial charge in [0.25, 0.3) is 0 Å². The lowest BCUT2D eigenvalue weighted by atomic mass is 9.94. The third-order valence-electron chi connectivity index (χ3n) is 7.03. The van der Waals surface area contributed by atoms with Gasteiger partial charge in [0.15, 0.2) is 0 Å². The first-order valence-corrected chi connectivity index (χ1v) is 12.5. The molecule has 7 rings (SSSR count). The SMILES string of the molecule is [2H]c1ccc(O)c2nc(-c3cc(-c4ccccc4)c4c(c3)N(c3ccccn3)c3ccccc3N4C)ccc12. The van der Waals surface area contributed by atoms with Crippen molar-refractivity contribution < 1.29 is 6.48 Å². The predicted molar refractivity (Wildman–Crippen MR) is 155 cm³/mol. The van der Waals surface area contributed by atoms with Crippen molar-refractivity contribution in [2.24, 2.45) is 0 Å². The van der Waals surface area contributed by atoms with Crippen LogP contribution in [-0.2, 0) is 0 Å². The van der Waals surface area contributed by atoms with Crippen LogP contribution in [0.15, 0.2) is 121 Å². The molecule has 0 bridgehead atoms. The zero-order valence-corrected chi connectivity index (χ0v) is 20.7. The Kier molecular flexibility index (Phi) is 4.83. The lowest BCUT2D eigenvalue weighted by molar-refractivity contribution is 0.480. The lowest BCUT2D eigenvalue weighted by Crippen LogP contribution is -2.25. The van der Waals surface area contributed by atoms with Crippen molar-refractivity contribution in [3.05, 3.63) is 121 Å². The summed E-state index contributed by atoms with van der Waals surface area (Å²) in [5.41, 5.74) is 8.33. The average Bonchev–Trinajstić information content (AvgIpc) is 2.99. The zero-order valence-electron chi connectivity index (χ0n) is 21.7. The van der Waals surface area contributed by atoms with E-state index in [0.29, 0.717) is 22.6 Å². The number of anilines is 5. The molecule has 6 aromatic rings. The number of pyridine rings is 2. The van der Waals surface area contributed by atoms with Gasteiger partial charge in [0.05, 0.1) is 29.8 Å². The molecular formula is C33H24N4O. The maximum atomic E-state index is 10.6. The number of phenolic OH excluding ortho intramolecular Hbond substituents is 1. The number of aromatic hydroxyl groups is 1. The van der Waals surface area contributed by atoms with E-state index >= 15 is 0 Å². The summed E-state index contributed by atoms with van der Waals surface area (Å²) >= 11 is 0. The molecule has 1 aliphatic heterocycles. The fourth-order valence-electron chi connectivity index (χ4n) is 5.27. The highest BCUT2D eigenvalue weighted by atomic mass is 16.3. The van der Waals surface area contributed by atoms with Gasteiger partial charge >= 0.3 is 0 Å². The average molecular weight is 494 g/mol. The summed E-state index contributed by atoms with van der Waals surface area (Å²) in [6.07, 6.45) is 1.81. The molecule has 1 N–H and O–H groups in total. The molecule has 0 fully saturated rings. The third-order valence-corrected chi connectivity index (χ3v) is 7.03. The lowest BCUT2D eigenvalue weighted by Gasteiger charge is -2.39. The van der Waals surface area contributed by atoms with Gasteiger partial charge in [0, 0.05) is 29.8 Å². The number of benzene rings is 4. The first-order valence-electron chi connectivity index (χ1n) is 13.0. The first-order chi connectivity index (χ1) is 19.1. The normalized spacial score (nSPS) is 12.7. The summed E-state index contributed by atoms with van der Waals surface area (Å²) in [4.78, 5) is 14.0. The van der Waals surface area contributed by atoms with Gasteiger partial charge in [-0.25, -0.2) is 9.97 Å². The van der Waals surface area contributed by atoms with E-state index < -0.39 is 0 Å². The molecule has 0 saturated heterocycles.